The van der Waals surface area contributed by atoms with Gasteiger partial charge in [0, 0.05) is 15.9 Å². The van der Waals surface area contributed by atoms with Gasteiger partial charge in [-0.05, 0) is 48.6 Å². The van der Waals surface area contributed by atoms with Crippen molar-refractivity contribution in [1.29, 1.82) is 0 Å². The Hall–Kier alpha value is -1.28. The van der Waals surface area contributed by atoms with Gasteiger partial charge in [0.2, 0.25) is 0 Å². The van der Waals surface area contributed by atoms with Gasteiger partial charge in [0.25, 0.3) is 0 Å². The smallest absolute Gasteiger partial charge is 0.0393 e. The summed E-state index contributed by atoms with van der Waals surface area (Å²) < 4.78 is 1.12. The molecule has 0 atom stereocenters. The maximum atomic E-state index is 3.56. The molecule has 1 aromatic carbocycles. The van der Waals surface area contributed by atoms with Gasteiger partial charge in [0.15, 0.2) is 0 Å². The summed E-state index contributed by atoms with van der Waals surface area (Å²) in [5.74, 6) is 0. The first-order valence-electron chi connectivity index (χ1n) is 5.93. The van der Waals surface area contributed by atoms with E-state index in [0.717, 1.165) is 23.0 Å². The van der Waals surface area contributed by atoms with Crippen LogP contribution in [0, 0.1) is 0 Å². The lowest BCUT2D eigenvalue weighted by atomic mass is 10.0. The van der Waals surface area contributed by atoms with Gasteiger partial charge in [0.1, 0.15) is 0 Å². The third-order valence-corrected chi connectivity index (χ3v) is 3.76. The molecule has 0 bridgehead atoms. The molecule has 0 amide bonds. The SMILES string of the molecule is Brc1cccc(NC2=C3CC=CC=C3CC2)c1. The second-order valence-electron chi connectivity index (χ2n) is 4.42. The van der Waals surface area contributed by atoms with Crippen LogP contribution in [-0.2, 0) is 0 Å². The van der Waals surface area contributed by atoms with Gasteiger partial charge in [-0.3, -0.25) is 0 Å². The molecule has 0 aromatic heterocycles. The molecule has 0 heterocycles. The fourth-order valence-electron chi connectivity index (χ4n) is 2.44. The number of benzene rings is 1. The number of fused-ring (bicyclic) bond motifs is 1. The van der Waals surface area contributed by atoms with E-state index in [4.69, 9.17) is 0 Å². The van der Waals surface area contributed by atoms with E-state index in [1.54, 1.807) is 0 Å². The molecule has 17 heavy (non-hydrogen) atoms. The van der Waals surface area contributed by atoms with Gasteiger partial charge >= 0.3 is 0 Å². The quantitative estimate of drug-likeness (QED) is 0.824. The number of halogens is 1. The fourth-order valence-corrected chi connectivity index (χ4v) is 2.84. The third-order valence-electron chi connectivity index (χ3n) is 3.27. The maximum absolute atomic E-state index is 3.56. The average Bonchev–Trinajstić information content (AvgIpc) is 2.73. The maximum Gasteiger partial charge on any atom is 0.0393 e. The normalized spacial score (nSPS) is 18.1. The number of nitrogens with one attached hydrogen (secondary N) is 1. The molecule has 0 unspecified atom stereocenters. The van der Waals surface area contributed by atoms with E-state index in [1.807, 2.05) is 6.07 Å². The van der Waals surface area contributed by atoms with E-state index in [9.17, 15) is 0 Å². The zero-order chi connectivity index (χ0) is 11.7. The summed E-state index contributed by atoms with van der Waals surface area (Å²) in [7, 11) is 0. The minimum atomic E-state index is 1.07. The van der Waals surface area contributed by atoms with Crippen molar-refractivity contribution in [1.82, 2.24) is 0 Å². The van der Waals surface area contributed by atoms with Crippen molar-refractivity contribution in [3.63, 3.8) is 0 Å². The first kappa shape index (κ1) is 10.8. The Kier molecular flexibility index (Phi) is 2.89. The van der Waals surface area contributed by atoms with Crippen LogP contribution in [0.2, 0.25) is 0 Å². The van der Waals surface area contributed by atoms with Gasteiger partial charge in [-0.25, -0.2) is 0 Å². The van der Waals surface area contributed by atoms with Crippen LogP contribution < -0.4 is 5.32 Å². The summed E-state index contributed by atoms with van der Waals surface area (Å²) in [6, 6.07) is 8.34. The van der Waals surface area contributed by atoms with Crippen LogP contribution in [0.1, 0.15) is 19.3 Å². The van der Waals surface area contributed by atoms with Crippen molar-refractivity contribution in [3.05, 3.63) is 63.8 Å². The van der Waals surface area contributed by atoms with E-state index in [-0.39, 0.29) is 0 Å². The molecule has 2 aliphatic rings. The monoisotopic (exact) mass is 287 g/mol. The lowest BCUT2D eigenvalue weighted by Crippen LogP contribution is -1.99. The van der Waals surface area contributed by atoms with Crippen LogP contribution in [-0.4, -0.2) is 0 Å². The number of hydrogen-bond acceptors (Lipinski definition) is 1. The summed E-state index contributed by atoms with van der Waals surface area (Å²) in [5, 5.41) is 3.56. The van der Waals surface area contributed by atoms with Crippen molar-refractivity contribution < 1.29 is 0 Å². The molecule has 0 fully saturated rings. The van der Waals surface area contributed by atoms with E-state index < -0.39 is 0 Å². The van der Waals surface area contributed by atoms with E-state index in [2.05, 4.69) is 57.7 Å². The molecule has 2 heteroatoms. The summed E-state index contributed by atoms with van der Waals surface area (Å²) >= 11 is 3.50. The minimum absolute atomic E-state index is 1.07. The summed E-state index contributed by atoms with van der Waals surface area (Å²) in [4.78, 5) is 0. The van der Waals surface area contributed by atoms with Crippen LogP contribution >= 0.6 is 15.9 Å². The van der Waals surface area contributed by atoms with Gasteiger partial charge < -0.3 is 5.32 Å². The lowest BCUT2D eigenvalue weighted by Gasteiger charge is -2.12. The standard InChI is InChI=1S/C15H14BrN/c16-12-5-3-6-13(10-12)17-15-9-8-11-4-1-2-7-14(11)15/h1-6,10,17H,7-9H2. The van der Waals surface area contributed by atoms with Crippen molar-refractivity contribution >= 4 is 21.6 Å². The predicted molar refractivity (Wildman–Crippen MR) is 75.9 cm³/mol. The highest BCUT2D eigenvalue weighted by molar-refractivity contribution is 9.10. The Morgan fingerprint density at radius 2 is 2.12 bits per heavy atom. The number of anilines is 1. The second kappa shape index (κ2) is 4.53. The molecule has 86 valence electrons. The van der Waals surface area contributed by atoms with Crippen molar-refractivity contribution in [2.24, 2.45) is 0 Å². The Morgan fingerprint density at radius 1 is 1.18 bits per heavy atom. The van der Waals surface area contributed by atoms with Gasteiger partial charge in [0.05, 0.1) is 0 Å². The molecule has 2 aliphatic carbocycles. The van der Waals surface area contributed by atoms with Crippen LogP contribution in [0.4, 0.5) is 5.69 Å². The number of hydrogen-bond donors (Lipinski definition) is 1. The summed E-state index contributed by atoms with van der Waals surface area (Å²) in [6.07, 6.45) is 10.0. The minimum Gasteiger partial charge on any atom is -0.359 e. The fraction of sp³-hybridized carbons (Fsp3) is 0.200. The second-order valence-corrected chi connectivity index (χ2v) is 5.33. The highest BCUT2D eigenvalue weighted by Crippen LogP contribution is 2.36. The van der Waals surface area contributed by atoms with Gasteiger partial charge in [-0.2, -0.15) is 0 Å². The van der Waals surface area contributed by atoms with Crippen molar-refractivity contribution in [3.8, 4) is 0 Å². The summed E-state index contributed by atoms with van der Waals surface area (Å²) in [5.41, 5.74) is 5.55. The largest absolute Gasteiger partial charge is 0.359 e. The van der Waals surface area contributed by atoms with Crippen molar-refractivity contribution in [2.75, 3.05) is 5.32 Å². The van der Waals surface area contributed by atoms with E-state index in [1.165, 1.54) is 23.3 Å². The molecule has 3 rings (SSSR count). The Labute approximate surface area is 110 Å². The molecule has 0 saturated carbocycles. The molecular weight excluding hydrogens is 274 g/mol. The predicted octanol–water partition coefficient (Wildman–Crippen LogP) is 4.80. The molecule has 0 spiro atoms. The molecule has 0 radical (unpaired) electrons. The van der Waals surface area contributed by atoms with Crippen molar-refractivity contribution in [2.45, 2.75) is 19.3 Å². The zero-order valence-electron chi connectivity index (χ0n) is 9.54. The Bertz CT molecular complexity index is 538. The van der Waals surface area contributed by atoms with Crippen LogP contribution in [0.15, 0.2) is 63.8 Å². The first-order valence-corrected chi connectivity index (χ1v) is 6.73. The molecule has 1 N–H and O–H groups in total. The number of allylic oxidation sites excluding steroid dienone is 6. The van der Waals surface area contributed by atoms with Crippen LogP contribution in [0.3, 0.4) is 0 Å². The highest BCUT2D eigenvalue weighted by Gasteiger charge is 2.19. The Morgan fingerprint density at radius 3 is 3.00 bits per heavy atom. The number of rotatable bonds is 2. The summed E-state index contributed by atoms with van der Waals surface area (Å²) in [6.45, 7) is 0. The highest BCUT2D eigenvalue weighted by atomic mass is 79.9. The Balaban J connectivity index is 1.87. The average molecular weight is 288 g/mol. The molecule has 1 aromatic rings. The van der Waals surface area contributed by atoms with Crippen LogP contribution in [0.25, 0.3) is 0 Å². The zero-order valence-corrected chi connectivity index (χ0v) is 11.1. The van der Waals surface area contributed by atoms with E-state index in [0.29, 0.717) is 0 Å². The topological polar surface area (TPSA) is 12.0 Å². The molecular formula is C15H14BrN. The third kappa shape index (κ3) is 2.22. The molecule has 1 nitrogen and oxygen atoms in total. The van der Waals surface area contributed by atoms with Gasteiger partial charge in [-0.1, -0.05) is 40.2 Å². The molecule has 0 saturated heterocycles. The lowest BCUT2D eigenvalue weighted by molar-refractivity contribution is 1.01. The van der Waals surface area contributed by atoms with E-state index >= 15 is 0 Å². The molecule has 0 aliphatic heterocycles. The van der Waals surface area contributed by atoms with Gasteiger partial charge in [-0.15, -0.1) is 0 Å². The van der Waals surface area contributed by atoms with Crippen LogP contribution in [0.5, 0.6) is 0 Å². The first-order chi connectivity index (χ1) is 8.33.